The molecule has 0 atom stereocenters. The maximum Gasteiger partial charge on any atom is 0.258 e. The Morgan fingerprint density at radius 3 is 2.72 bits per heavy atom. The van der Waals surface area contributed by atoms with Gasteiger partial charge in [0.1, 0.15) is 23.7 Å². The van der Waals surface area contributed by atoms with Gasteiger partial charge < -0.3 is 15.0 Å². The molecule has 2 aromatic heterocycles. The van der Waals surface area contributed by atoms with Crippen LogP contribution in [-0.4, -0.2) is 39.5 Å². The fourth-order valence-electron chi connectivity index (χ4n) is 4.66. The first kappa shape index (κ1) is 24.4. The number of fused-ring (bicyclic) bond motifs is 1. The monoisotopic (exact) mass is 503 g/mol. The van der Waals surface area contributed by atoms with Crippen LogP contribution in [0.5, 0.6) is 5.75 Å². The summed E-state index contributed by atoms with van der Waals surface area (Å²) in [5.74, 6) is 1.70. The van der Waals surface area contributed by atoms with Gasteiger partial charge in [0.25, 0.3) is 5.56 Å². The van der Waals surface area contributed by atoms with Crippen molar-refractivity contribution in [3.8, 4) is 5.75 Å². The number of ether oxygens (including phenoxy) is 1. The molecule has 0 saturated carbocycles. The van der Waals surface area contributed by atoms with Crippen LogP contribution in [0, 0.1) is 5.92 Å². The maximum atomic E-state index is 12.7. The summed E-state index contributed by atoms with van der Waals surface area (Å²) < 4.78 is 5.77. The second-order valence-corrected chi connectivity index (χ2v) is 9.68. The minimum atomic E-state index is -0.195. The van der Waals surface area contributed by atoms with E-state index in [1.165, 1.54) is 18.4 Å². The zero-order chi connectivity index (χ0) is 24.7. The van der Waals surface area contributed by atoms with Gasteiger partial charge in [0.05, 0.1) is 11.1 Å². The number of pyridine rings is 1. The smallest absolute Gasteiger partial charge is 0.258 e. The number of H-pyrrole nitrogens is 1. The number of hydrogen-bond acceptors (Lipinski definition) is 6. The van der Waals surface area contributed by atoms with E-state index in [0.29, 0.717) is 40.0 Å². The average Bonchev–Trinajstić information content (AvgIpc) is 2.89. The summed E-state index contributed by atoms with van der Waals surface area (Å²) >= 11 is 6.02. The van der Waals surface area contributed by atoms with Crippen molar-refractivity contribution in [1.82, 2.24) is 25.2 Å². The van der Waals surface area contributed by atoms with Crippen molar-refractivity contribution in [2.45, 2.75) is 32.5 Å². The third-order valence-electron chi connectivity index (χ3n) is 6.60. The zero-order valence-corrected chi connectivity index (χ0v) is 20.9. The number of rotatable bonds is 9. The Hall–Kier alpha value is -3.26. The minimum Gasteiger partial charge on any atom is -0.486 e. The molecule has 1 saturated heterocycles. The fraction of sp³-hybridized carbons (Fsp3) is 0.321. The summed E-state index contributed by atoms with van der Waals surface area (Å²) in [5, 5.41) is 4.67. The number of halogens is 1. The van der Waals surface area contributed by atoms with Crippen molar-refractivity contribution in [1.29, 1.82) is 0 Å². The number of aromatic amines is 1. The van der Waals surface area contributed by atoms with Crippen LogP contribution in [0.2, 0.25) is 5.02 Å². The van der Waals surface area contributed by atoms with Gasteiger partial charge in [-0.3, -0.25) is 14.7 Å². The number of aromatic nitrogens is 3. The second-order valence-electron chi connectivity index (χ2n) is 9.25. The Morgan fingerprint density at radius 2 is 1.92 bits per heavy atom. The Bertz CT molecular complexity index is 1350. The molecule has 0 unspecified atom stereocenters. The van der Waals surface area contributed by atoms with E-state index in [9.17, 15) is 4.79 Å². The van der Waals surface area contributed by atoms with Crippen LogP contribution in [0.3, 0.4) is 0 Å². The average molecular weight is 504 g/mol. The predicted molar refractivity (Wildman–Crippen MR) is 142 cm³/mol. The highest BCUT2D eigenvalue weighted by Crippen LogP contribution is 2.20. The molecule has 0 aliphatic carbocycles. The molecule has 0 radical (unpaired) electrons. The Labute approximate surface area is 215 Å². The Kier molecular flexibility index (Phi) is 7.91. The van der Waals surface area contributed by atoms with Crippen molar-refractivity contribution in [2.75, 3.05) is 19.6 Å². The number of nitrogens with zero attached hydrogens (tertiary/aromatic N) is 3. The van der Waals surface area contributed by atoms with Gasteiger partial charge in [-0.15, -0.1) is 0 Å². The molecule has 0 bridgehead atoms. The zero-order valence-electron chi connectivity index (χ0n) is 20.1. The number of benzene rings is 2. The van der Waals surface area contributed by atoms with Crippen molar-refractivity contribution in [2.24, 2.45) is 5.92 Å². The largest absolute Gasteiger partial charge is 0.486 e. The van der Waals surface area contributed by atoms with E-state index in [1.807, 2.05) is 12.1 Å². The van der Waals surface area contributed by atoms with Crippen LogP contribution < -0.4 is 15.6 Å². The number of likely N-dealkylation sites (tertiary alicyclic amines) is 1. The van der Waals surface area contributed by atoms with E-state index in [0.717, 1.165) is 31.9 Å². The lowest BCUT2D eigenvalue weighted by molar-refractivity contribution is 0.175. The van der Waals surface area contributed by atoms with Gasteiger partial charge in [-0.25, -0.2) is 4.98 Å². The summed E-state index contributed by atoms with van der Waals surface area (Å²) in [6, 6.07) is 19.5. The fourth-order valence-corrected chi connectivity index (χ4v) is 4.84. The Balaban J connectivity index is 1.17. The third-order valence-corrected chi connectivity index (χ3v) is 6.84. The molecular weight excluding hydrogens is 474 g/mol. The first-order valence-electron chi connectivity index (χ1n) is 12.4. The molecule has 2 N–H and O–H groups in total. The summed E-state index contributed by atoms with van der Waals surface area (Å²) in [7, 11) is 0. The van der Waals surface area contributed by atoms with Gasteiger partial charge in [-0.05, 0) is 68.2 Å². The van der Waals surface area contributed by atoms with Crippen LogP contribution in [0.4, 0.5) is 0 Å². The quantitative estimate of drug-likeness (QED) is 0.348. The predicted octanol–water partition coefficient (Wildman–Crippen LogP) is 4.55. The molecule has 1 aliphatic rings. The van der Waals surface area contributed by atoms with E-state index in [1.54, 1.807) is 24.4 Å². The lowest BCUT2D eigenvalue weighted by atomic mass is 9.96. The molecule has 8 heteroatoms. The van der Waals surface area contributed by atoms with E-state index >= 15 is 0 Å². The lowest BCUT2D eigenvalue weighted by Crippen LogP contribution is -2.36. The van der Waals surface area contributed by atoms with Crippen LogP contribution in [0.15, 0.2) is 71.7 Å². The van der Waals surface area contributed by atoms with Gasteiger partial charge >= 0.3 is 0 Å². The van der Waals surface area contributed by atoms with Crippen LogP contribution in [0.1, 0.15) is 29.9 Å². The minimum absolute atomic E-state index is 0.134. The van der Waals surface area contributed by atoms with Crippen LogP contribution in [-0.2, 0) is 19.7 Å². The summed E-state index contributed by atoms with van der Waals surface area (Å²) in [6.07, 6.45) is 4.01. The van der Waals surface area contributed by atoms with Crippen molar-refractivity contribution in [3.05, 3.63) is 99.3 Å². The second kappa shape index (κ2) is 11.6. The molecular formula is C28H30ClN5O2. The number of nitrogens with one attached hydrogen (secondary N) is 2. The molecule has 7 nitrogen and oxygen atoms in total. The molecule has 0 amide bonds. The maximum absolute atomic E-state index is 12.7. The first-order chi connectivity index (χ1) is 17.6. The molecule has 1 aliphatic heterocycles. The van der Waals surface area contributed by atoms with Gasteiger partial charge in [-0.2, -0.15) is 0 Å². The highest BCUT2D eigenvalue weighted by atomic mass is 35.5. The van der Waals surface area contributed by atoms with Crippen molar-refractivity contribution in [3.63, 3.8) is 0 Å². The van der Waals surface area contributed by atoms with E-state index < -0.39 is 0 Å². The van der Waals surface area contributed by atoms with Gasteiger partial charge in [0.15, 0.2) is 0 Å². The molecule has 3 heterocycles. The van der Waals surface area contributed by atoms with E-state index in [-0.39, 0.29) is 12.2 Å². The summed E-state index contributed by atoms with van der Waals surface area (Å²) in [4.78, 5) is 27.2. The van der Waals surface area contributed by atoms with Gasteiger partial charge in [0.2, 0.25) is 0 Å². The molecule has 1 fully saturated rings. The molecule has 36 heavy (non-hydrogen) atoms. The standard InChI is InChI=1S/C28H30ClN5O2/c29-22-7-4-8-23(15-22)36-19-26-32-27-24(28(35)33-26)9-12-31-25(27)17-30-16-20-10-13-34(14-11-20)18-21-5-2-1-3-6-21/h1-9,12,15,20,30H,10-11,13-14,16-19H2,(H,32,33,35). The normalized spacial score (nSPS) is 14.8. The SMILES string of the molecule is O=c1[nH]c(COc2cccc(Cl)c2)nc2c(CNCC3CCN(Cc4ccccc4)CC3)nccc12. The molecule has 186 valence electrons. The topological polar surface area (TPSA) is 83.1 Å². The van der Waals surface area contributed by atoms with Crippen LogP contribution in [0.25, 0.3) is 10.9 Å². The summed E-state index contributed by atoms with van der Waals surface area (Å²) in [5.41, 5.74) is 2.55. The third kappa shape index (κ3) is 6.29. The van der Waals surface area contributed by atoms with Gasteiger partial charge in [-0.1, -0.05) is 48.0 Å². The highest BCUT2D eigenvalue weighted by molar-refractivity contribution is 6.30. The van der Waals surface area contributed by atoms with Crippen LogP contribution >= 0.6 is 11.6 Å². The van der Waals surface area contributed by atoms with Crippen molar-refractivity contribution >= 4 is 22.5 Å². The lowest BCUT2D eigenvalue weighted by Gasteiger charge is -2.32. The molecule has 5 rings (SSSR count). The molecule has 0 spiro atoms. The van der Waals surface area contributed by atoms with Crippen molar-refractivity contribution < 1.29 is 4.74 Å². The number of hydrogen-bond donors (Lipinski definition) is 2. The Morgan fingerprint density at radius 1 is 1.08 bits per heavy atom. The highest BCUT2D eigenvalue weighted by Gasteiger charge is 2.19. The van der Waals surface area contributed by atoms with Gasteiger partial charge in [0, 0.05) is 24.3 Å². The molecule has 4 aromatic rings. The van der Waals surface area contributed by atoms with E-state index in [4.69, 9.17) is 16.3 Å². The number of piperidine rings is 1. The molecule has 2 aromatic carbocycles. The van der Waals surface area contributed by atoms with E-state index in [2.05, 4.69) is 55.5 Å². The summed E-state index contributed by atoms with van der Waals surface area (Å²) in [6.45, 7) is 4.86. The first-order valence-corrected chi connectivity index (χ1v) is 12.7.